The number of phenolic OH excluding ortho intramolecular Hbond substituents is 1. The molecule has 1 fully saturated rings. The number of halogens is 1. The molecule has 1 heterocycles. The number of aromatic hydroxyl groups is 1. The van der Waals surface area contributed by atoms with Crippen LogP contribution in [0.3, 0.4) is 0 Å². The van der Waals surface area contributed by atoms with Crippen molar-refractivity contribution in [2.45, 2.75) is 25.4 Å². The van der Waals surface area contributed by atoms with Gasteiger partial charge in [0.2, 0.25) is 5.75 Å². The molecule has 7 nitrogen and oxygen atoms in total. The second-order valence-corrected chi connectivity index (χ2v) is 7.33. The van der Waals surface area contributed by atoms with E-state index in [0.29, 0.717) is 24.1 Å². The summed E-state index contributed by atoms with van der Waals surface area (Å²) in [5.41, 5.74) is 2.24. The molecule has 1 atom stereocenters. The van der Waals surface area contributed by atoms with Crippen molar-refractivity contribution in [2.75, 3.05) is 40.9 Å². The van der Waals surface area contributed by atoms with E-state index in [0.717, 1.165) is 31.2 Å². The van der Waals surface area contributed by atoms with Gasteiger partial charge in [-0.1, -0.05) is 30.3 Å². The van der Waals surface area contributed by atoms with Crippen molar-refractivity contribution in [3.05, 3.63) is 53.6 Å². The number of ether oxygens (including phenoxy) is 2. The lowest BCUT2D eigenvalue weighted by Crippen LogP contribution is -2.42. The predicted octanol–water partition coefficient (Wildman–Crippen LogP) is 3.53. The fraction of sp³-hybridized carbons (Fsp3) is 0.435. The molecule has 3 N–H and O–H groups in total. The van der Waals surface area contributed by atoms with Gasteiger partial charge in [-0.2, -0.15) is 0 Å². The highest BCUT2D eigenvalue weighted by atomic mass is 127. The van der Waals surface area contributed by atoms with Gasteiger partial charge in [0, 0.05) is 20.1 Å². The molecule has 170 valence electrons. The standard InChI is InChI=1S/C23H32N4O3.HI/c1-24-23(25-15-17-13-20(29-2)22(28)21(14-17)30-3)26-16-19(27-11-7-8-12-27)18-9-5-4-6-10-18;/h4-6,9-10,13-14,19,28H,7-8,11-12,15-16H2,1-3H3,(H2,24,25,26);1H. The van der Waals surface area contributed by atoms with E-state index in [1.807, 2.05) is 0 Å². The monoisotopic (exact) mass is 540 g/mol. The fourth-order valence-electron chi connectivity index (χ4n) is 3.84. The lowest BCUT2D eigenvalue weighted by Gasteiger charge is -2.29. The molecule has 0 aromatic heterocycles. The summed E-state index contributed by atoms with van der Waals surface area (Å²) in [6.07, 6.45) is 2.50. The molecule has 8 heteroatoms. The number of phenols is 1. The van der Waals surface area contributed by atoms with Crippen molar-refractivity contribution in [1.82, 2.24) is 15.5 Å². The number of benzene rings is 2. The average Bonchev–Trinajstić information content (AvgIpc) is 3.32. The Balaban J connectivity index is 0.00000341. The Morgan fingerprint density at radius 1 is 1.06 bits per heavy atom. The third-order valence-corrected chi connectivity index (χ3v) is 5.45. The zero-order chi connectivity index (χ0) is 21.3. The molecule has 0 aliphatic carbocycles. The topological polar surface area (TPSA) is 78.4 Å². The summed E-state index contributed by atoms with van der Waals surface area (Å²) in [5, 5.41) is 16.9. The molecule has 0 spiro atoms. The van der Waals surface area contributed by atoms with Crippen LogP contribution in [0.15, 0.2) is 47.5 Å². The Hall–Kier alpha value is -2.20. The largest absolute Gasteiger partial charge is 0.502 e. The van der Waals surface area contributed by atoms with Gasteiger partial charge in [0.05, 0.1) is 20.3 Å². The SMILES string of the molecule is CN=C(NCc1cc(OC)c(O)c(OC)c1)NCC(c1ccccc1)N1CCCC1.I. The van der Waals surface area contributed by atoms with Crippen LogP contribution in [0, 0.1) is 0 Å². The van der Waals surface area contributed by atoms with Crippen LogP contribution >= 0.6 is 24.0 Å². The minimum absolute atomic E-state index is 0. The molecule has 0 radical (unpaired) electrons. The molecule has 0 amide bonds. The van der Waals surface area contributed by atoms with Crippen LogP contribution in [0.4, 0.5) is 0 Å². The maximum atomic E-state index is 10.1. The van der Waals surface area contributed by atoms with E-state index in [-0.39, 0.29) is 29.7 Å². The van der Waals surface area contributed by atoms with E-state index < -0.39 is 0 Å². The molecular formula is C23H33IN4O3. The minimum atomic E-state index is 0. The van der Waals surface area contributed by atoms with Crippen LogP contribution in [-0.4, -0.2) is 56.9 Å². The number of nitrogens with one attached hydrogen (secondary N) is 2. The molecule has 1 unspecified atom stereocenters. The van der Waals surface area contributed by atoms with Crippen LogP contribution in [0.2, 0.25) is 0 Å². The molecule has 2 aromatic carbocycles. The highest BCUT2D eigenvalue weighted by molar-refractivity contribution is 14.0. The highest BCUT2D eigenvalue weighted by Gasteiger charge is 2.23. The first-order valence-corrected chi connectivity index (χ1v) is 10.3. The highest BCUT2D eigenvalue weighted by Crippen LogP contribution is 2.37. The zero-order valence-electron chi connectivity index (χ0n) is 18.4. The van der Waals surface area contributed by atoms with Gasteiger partial charge in [-0.3, -0.25) is 9.89 Å². The van der Waals surface area contributed by atoms with Crippen LogP contribution in [-0.2, 0) is 6.54 Å². The Morgan fingerprint density at radius 2 is 1.68 bits per heavy atom. The van der Waals surface area contributed by atoms with Crippen molar-refractivity contribution < 1.29 is 14.6 Å². The molecule has 2 aromatic rings. The summed E-state index contributed by atoms with van der Waals surface area (Å²) in [5.74, 6) is 1.49. The van der Waals surface area contributed by atoms with E-state index in [1.54, 1.807) is 19.2 Å². The smallest absolute Gasteiger partial charge is 0.200 e. The first kappa shape index (κ1) is 25.1. The number of rotatable bonds is 8. The van der Waals surface area contributed by atoms with E-state index >= 15 is 0 Å². The van der Waals surface area contributed by atoms with Crippen LogP contribution in [0.25, 0.3) is 0 Å². The van der Waals surface area contributed by atoms with Crippen molar-refractivity contribution in [3.63, 3.8) is 0 Å². The van der Waals surface area contributed by atoms with E-state index in [1.165, 1.54) is 32.6 Å². The number of hydrogen-bond acceptors (Lipinski definition) is 5. The number of guanidine groups is 1. The molecular weight excluding hydrogens is 507 g/mol. The Bertz CT molecular complexity index is 817. The number of methoxy groups -OCH3 is 2. The summed E-state index contributed by atoms with van der Waals surface area (Å²) in [4.78, 5) is 6.90. The fourth-order valence-corrected chi connectivity index (χ4v) is 3.84. The van der Waals surface area contributed by atoms with Crippen molar-refractivity contribution in [2.24, 2.45) is 4.99 Å². The zero-order valence-corrected chi connectivity index (χ0v) is 20.8. The van der Waals surface area contributed by atoms with E-state index in [9.17, 15) is 5.11 Å². The van der Waals surface area contributed by atoms with Crippen molar-refractivity contribution >= 4 is 29.9 Å². The Kier molecular flexibility index (Phi) is 10.2. The summed E-state index contributed by atoms with van der Waals surface area (Å²) >= 11 is 0. The summed E-state index contributed by atoms with van der Waals surface area (Å²) in [6, 6.07) is 14.5. The number of aliphatic imine (C=N–C) groups is 1. The van der Waals surface area contributed by atoms with Gasteiger partial charge >= 0.3 is 0 Å². The van der Waals surface area contributed by atoms with Crippen LogP contribution in [0.5, 0.6) is 17.2 Å². The minimum Gasteiger partial charge on any atom is -0.502 e. The summed E-state index contributed by atoms with van der Waals surface area (Å²) in [6.45, 7) is 3.54. The third-order valence-electron chi connectivity index (χ3n) is 5.45. The number of likely N-dealkylation sites (tertiary alicyclic amines) is 1. The Morgan fingerprint density at radius 3 is 2.23 bits per heavy atom. The Labute approximate surface area is 201 Å². The number of hydrogen-bond donors (Lipinski definition) is 3. The van der Waals surface area contributed by atoms with Crippen LogP contribution < -0.4 is 20.1 Å². The molecule has 1 saturated heterocycles. The van der Waals surface area contributed by atoms with Crippen molar-refractivity contribution in [1.29, 1.82) is 0 Å². The predicted molar refractivity (Wildman–Crippen MR) is 135 cm³/mol. The molecule has 0 saturated carbocycles. The molecule has 3 rings (SSSR count). The first-order chi connectivity index (χ1) is 14.7. The van der Waals surface area contributed by atoms with Gasteiger partial charge in [0.1, 0.15) is 0 Å². The summed E-state index contributed by atoms with van der Waals surface area (Å²) in [7, 11) is 4.81. The maximum Gasteiger partial charge on any atom is 0.200 e. The third kappa shape index (κ3) is 6.64. The van der Waals surface area contributed by atoms with Gasteiger partial charge < -0.3 is 25.2 Å². The van der Waals surface area contributed by atoms with E-state index in [2.05, 4.69) is 50.9 Å². The molecule has 1 aliphatic rings. The lowest BCUT2D eigenvalue weighted by molar-refractivity contribution is 0.245. The normalized spacial score (nSPS) is 15.1. The van der Waals surface area contributed by atoms with Gasteiger partial charge in [0.25, 0.3) is 0 Å². The summed E-state index contributed by atoms with van der Waals surface area (Å²) < 4.78 is 10.5. The van der Waals surface area contributed by atoms with E-state index in [4.69, 9.17) is 9.47 Å². The number of nitrogens with zero attached hydrogens (tertiary/aromatic N) is 2. The second-order valence-electron chi connectivity index (χ2n) is 7.33. The quantitative estimate of drug-likeness (QED) is 0.270. The molecule has 0 bridgehead atoms. The second kappa shape index (κ2) is 12.6. The lowest BCUT2D eigenvalue weighted by atomic mass is 10.1. The molecule has 31 heavy (non-hydrogen) atoms. The van der Waals surface area contributed by atoms with Crippen molar-refractivity contribution in [3.8, 4) is 17.2 Å². The molecule has 1 aliphatic heterocycles. The van der Waals surface area contributed by atoms with Gasteiger partial charge in [-0.25, -0.2) is 0 Å². The van der Waals surface area contributed by atoms with Gasteiger partial charge in [-0.05, 0) is 49.2 Å². The van der Waals surface area contributed by atoms with Crippen LogP contribution in [0.1, 0.15) is 30.0 Å². The maximum absolute atomic E-state index is 10.1. The van der Waals surface area contributed by atoms with Gasteiger partial charge in [0.15, 0.2) is 17.5 Å². The first-order valence-electron chi connectivity index (χ1n) is 10.3. The van der Waals surface area contributed by atoms with Gasteiger partial charge in [-0.15, -0.1) is 24.0 Å². The average molecular weight is 540 g/mol.